The van der Waals surface area contributed by atoms with Crippen LogP contribution in [0.25, 0.3) is 5.57 Å². The summed E-state index contributed by atoms with van der Waals surface area (Å²) in [5.41, 5.74) is 2.47. The van der Waals surface area contributed by atoms with Gasteiger partial charge in [0, 0.05) is 16.1 Å². The summed E-state index contributed by atoms with van der Waals surface area (Å²) in [7, 11) is 0. The van der Waals surface area contributed by atoms with Crippen molar-refractivity contribution in [2.75, 3.05) is 6.73 Å². The van der Waals surface area contributed by atoms with E-state index in [0.717, 1.165) is 11.1 Å². The Morgan fingerprint density at radius 3 is 2.40 bits per heavy atom. The van der Waals surface area contributed by atoms with Crippen molar-refractivity contribution in [2.45, 2.75) is 26.3 Å². The fraction of sp³-hybridized carbons (Fsp3) is 0.250. The van der Waals surface area contributed by atoms with E-state index < -0.39 is 0 Å². The van der Waals surface area contributed by atoms with E-state index >= 15 is 0 Å². The molecule has 0 spiro atoms. The van der Waals surface area contributed by atoms with Gasteiger partial charge in [-0.2, -0.15) is 0 Å². The number of nitrogens with zero attached hydrogens (tertiary/aromatic N) is 1. The number of hydrogen-bond donors (Lipinski definition) is 0. The Kier molecular flexibility index (Phi) is 5.36. The van der Waals surface area contributed by atoms with Gasteiger partial charge < -0.3 is 9.64 Å². The predicted molar refractivity (Wildman–Crippen MR) is 101 cm³/mol. The van der Waals surface area contributed by atoms with Gasteiger partial charge >= 0.3 is 0 Å². The molecule has 2 aromatic carbocycles. The van der Waals surface area contributed by atoms with Crippen molar-refractivity contribution in [1.29, 1.82) is 0 Å². The molecular formula is C20H19Cl2NO2. The summed E-state index contributed by atoms with van der Waals surface area (Å²) in [4.78, 5) is 14.8. The number of carbonyl (C=O) groups is 1. The van der Waals surface area contributed by atoms with Crippen LogP contribution in [-0.4, -0.2) is 23.6 Å². The number of amides is 1. The van der Waals surface area contributed by atoms with Crippen LogP contribution in [0.3, 0.4) is 0 Å². The highest BCUT2D eigenvalue weighted by molar-refractivity contribution is 6.34. The Hall–Kier alpha value is -1.97. The van der Waals surface area contributed by atoms with E-state index in [2.05, 4.69) is 0 Å². The molecule has 1 amide bonds. The monoisotopic (exact) mass is 375 g/mol. The first-order chi connectivity index (χ1) is 12.0. The molecule has 1 unspecified atom stereocenters. The Balaban J connectivity index is 1.82. The molecule has 2 aromatic rings. The van der Waals surface area contributed by atoms with Gasteiger partial charge in [0.1, 0.15) is 5.76 Å². The molecule has 0 aromatic heterocycles. The zero-order valence-electron chi connectivity index (χ0n) is 14.1. The van der Waals surface area contributed by atoms with Gasteiger partial charge in [0.25, 0.3) is 5.91 Å². The molecule has 1 atom stereocenters. The smallest absolute Gasteiger partial charge is 0.260 e. The molecule has 0 saturated carbocycles. The van der Waals surface area contributed by atoms with Crippen molar-refractivity contribution < 1.29 is 9.53 Å². The molecule has 130 valence electrons. The van der Waals surface area contributed by atoms with Crippen LogP contribution in [0.4, 0.5) is 0 Å². The van der Waals surface area contributed by atoms with Crippen molar-refractivity contribution >= 4 is 34.7 Å². The Labute approximate surface area is 157 Å². The molecule has 0 aliphatic carbocycles. The third kappa shape index (κ3) is 4.00. The van der Waals surface area contributed by atoms with Crippen molar-refractivity contribution in [3.8, 4) is 0 Å². The Morgan fingerprint density at radius 2 is 1.76 bits per heavy atom. The second-order valence-corrected chi connectivity index (χ2v) is 7.05. The number of allylic oxidation sites excluding steroid dienone is 1. The van der Waals surface area contributed by atoms with E-state index in [-0.39, 0.29) is 18.7 Å². The number of ether oxygens (including phenoxy) is 1. The zero-order valence-corrected chi connectivity index (χ0v) is 15.6. The quantitative estimate of drug-likeness (QED) is 0.737. The number of carbonyl (C=O) groups excluding carboxylic acids is 1. The Morgan fingerprint density at radius 1 is 1.12 bits per heavy atom. The second-order valence-electron chi connectivity index (χ2n) is 6.18. The van der Waals surface area contributed by atoms with Crippen molar-refractivity contribution in [2.24, 2.45) is 0 Å². The lowest BCUT2D eigenvalue weighted by molar-refractivity contribution is -0.134. The van der Waals surface area contributed by atoms with Crippen LogP contribution in [0.1, 0.15) is 25.0 Å². The molecular weight excluding hydrogens is 357 g/mol. The maximum absolute atomic E-state index is 13.0. The third-order valence-corrected chi connectivity index (χ3v) is 4.73. The van der Waals surface area contributed by atoms with Gasteiger partial charge in [-0.05, 0) is 49.6 Å². The van der Waals surface area contributed by atoms with Gasteiger partial charge in [0.05, 0.1) is 5.57 Å². The normalized spacial score (nSPS) is 16.0. The summed E-state index contributed by atoms with van der Waals surface area (Å²) in [5, 5.41) is 1.19. The van der Waals surface area contributed by atoms with Gasteiger partial charge in [-0.1, -0.05) is 53.5 Å². The van der Waals surface area contributed by atoms with Crippen molar-refractivity contribution in [1.82, 2.24) is 4.90 Å². The number of rotatable bonds is 4. The van der Waals surface area contributed by atoms with Crippen LogP contribution < -0.4 is 0 Å². The summed E-state index contributed by atoms with van der Waals surface area (Å²) in [6.07, 6.45) is 0.649. The standard InChI is InChI=1S/C20H19Cl2NO2/c1-13(8-15-9-17(21)11-18(22)10-15)23-12-25-14(2)19(20(23)24)16-6-4-3-5-7-16/h3-7,9-11,13H,8,12H2,1-2H3. The largest absolute Gasteiger partial charge is 0.477 e. The average Bonchev–Trinajstić information content (AvgIpc) is 2.54. The van der Waals surface area contributed by atoms with Crippen molar-refractivity contribution in [3.05, 3.63) is 75.5 Å². The van der Waals surface area contributed by atoms with Gasteiger partial charge in [-0.25, -0.2) is 0 Å². The van der Waals surface area contributed by atoms with Crippen molar-refractivity contribution in [3.63, 3.8) is 0 Å². The van der Waals surface area contributed by atoms with Gasteiger partial charge in [0.2, 0.25) is 0 Å². The lowest BCUT2D eigenvalue weighted by Crippen LogP contribution is -2.44. The topological polar surface area (TPSA) is 29.5 Å². The lowest BCUT2D eigenvalue weighted by atomic mass is 10.00. The molecule has 5 heteroatoms. The molecule has 1 aliphatic rings. The number of benzene rings is 2. The van der Waals surface area contributed by atoms with Gasteiger partial charge in [-0.3, -0.25) is 4.79 Å². The summed E-state index contributed by atoms with van der Waals surface area (Å²) in [5.74, 6) is 0.640. The van der Waals surface area contributed by atoms with E-state index in [4.69, 9.17) is 27.9 Å². The number of hydrogen-bond acceptors (Lipinski definition) is 2. The first-order valence-corrected chi connectivity index (χ1v) is 8.86. The number of halogens is 2. The summed E-state index contributed by atoms with van der Waals surface area (Å²) in [6, 6.07) is 15.0. The molecule has 0 fully saturated rings. The molecule has 0 N–H and O–H groups in total. The van der Waals surface area contributed by atoms with Gasteiger partial charge in [0.15, 0.2) is 6.73 Å². The van der Waals surface area contributed by atoms with E-state index in [9.17, 15) is 4.79 Å². The fourth-order valence-electron chi connectivity index (χ4n) is 3.03. The fourth-order valence-corrected chi connectivity index (χ4v) is 3.60. The van der Waals surface area contributed by atoms with E-state index in [1.54, 1.807) is 11.0 Å². The predicted octanol–water partition coefficient (Wildman–Crippen LogP) is 5.17. The average molecular weight is 376 g/mol. The molecule has 1 aliphatic heterocycles. The zero-order chi connectivity index (χ0) is 18.0. The van der Waals surface area contributed by atoms with Crippen LogP contribution in [0.15, 0.2) is 54.3 Å². The molecule has 25 heavy (non-hydrogen) atoms. The van der Waals surface area contributed by atoms with Crippen LogP contribution >= 0.6 is 23.2 Å². The minimum atomic E-state index is -0.0474. The highest BCUT2D eigenvalue weighted by Gasteiger charge is 2.30. The van der Waals surface area contributed by atoms with Crippen LogP contribution in [0, 0.1) is 0 Å². The molecule has 0 radical (unpaired) electrons. The molecule has 0 saturated heterocycles. The first-order valence-electron chi connectivity index (χ1n) is 8.10. The second kappa shape index (κ2) is 7.51. The minimum Gasteiger partial charge on any atom is -0.477 e. The molecule has 0 bridgehead atoms. The maximum atomic E-state index is 13.0. The van der Waals surface area contributed by atoms with Crippen LogP contribution in [0.2, 0.25) is 10.0 Å². The Bertz CT molecular complexity index is 797. The minimum absolute atomic E-state index is 0.0180. The lowest BCUT2D eigenvalue weighted by Gasteiger charge is -2.34. The SMILES string of the molecule is CC1=C(c2ccccc2)C(=O)N(C(C)Cc2cc(Cl)cc(Cl)c2)CO1. The summed E-state index contributed by atoms with van der Waals surface area (Å²) in [6.45, 7) is 4.08. The molecule has 1 heterocycles. The van der Waals surface area contributed by atoms with Gasteiger partial charge in [-0.15, -0.1) is 0 Å². The van der Waals surface area contributed by atoms with E-state index in [1.807, 2.05) is 56.3 Å². The van der Waals surface area contributed by atoms with E-state index in [1.165, 1.54) is 0 Å². The summed E-state index contributed by atoms with van der Waals surface area (Å²) < 4.78 is 5.77. The third-order valence-electron chi connectivity index (χ3n) is 4.29. The van der Waals surface area contributed by atoms with E-state index in [0.29, 0.717) is 27.8 Å². The highest BCUT2D eigenvalue weighted by atomic mass is 35.5. The highest BCUT2D eigenvalue weighted by Crippen LogP contribution is 2.28. The van der Waals surface area contributed by atoms with Crippen LogP contribution in [0.5, 0.6) is 0 Å². The first kappa shape index (κ1) is 17.8. The molecule has 3 nitrogen and oxygen atoms in total. The summed E-state index contributed by atoms with van der Waals surface area (Å²) >= 11 is 12.1. The molecule has 3 rings (SSSR count). The maximum Gasteiger partial charge on any atom is 0.260 e. The van der Waals surface area contributed by atoms with Crippen LogP contribution in [-0.2, 0) is 16.0 Å².